The molecule has 232 valence electrons. The van der Waals surface area contributed by atoms with Crippen molar-refractivity contribution in [1.82, 2.24) is 4.31 Å². The summed E-state index contributed by atoms with van der Waals surface area (Å²) in [5.41, 5.74) is 1.38. The fraction of sp³-hybridized carbons (Fsp3) is 0.500. The van der Waals surface area contributed by atoms with Crippen LogP contribution in [0.4, 0.5) is 0 Å². The second kappa shape index (κ2) is 12.8. The molecule has 3 aliphatic carbocycles. The maximum atomic E-state index is 13.8. The first-order valence-corrected chi connectivity index (χ1v) is 17.9. The lowest BCUT2D eigenvalue weighted by molar-refractivity contribution is -0.0722. The molecule has 2 aromatic heterocycles. The third-order valence-electron chi connectivity index (χ3n) is 9.76. The van der Waals surface area contributed by atoms with Crippen molar-refractivity contribution in [3.05, 3.63) is 93.1 Å². The number of aliphatic hydroxyl groups is 2. The van der Waals surface area contributed by atoms with E-state index in [2.05, 4.69) is 19.9 Å². The predicted molar refractivity (Wildman–Crippen MR) is 170 cm³/mol. The Bertz CT molecular complexity index is 1550. The van der Waals surface area contributed by atoms with Crippen LogP contribution in [0.15, 0.2) is 70.2 Å². The maximum absolute atomic E-state index is 13.8. The molecule has 1 saturated carbocycles. The third kappa shape index (κ3) is 6.91. The van der Waals surface area contributed by atoms with Crippen molar-refractivity contribution < 1.29 is 27.8 Å². The molecule has 0 aliphatic heterocycles. The summed E-state index contributed by atoms with van der Waals surface area (Å²) in [5, 5.41) is 25.3. The molecule has 2 N–H and O–H groups in total. The number of fused-ring (bicyclic) bond motifs is 8. The molecule has 0 saturated heterocycles. The summed E-state index contributed by atoms with van der Waals surface area (Å²) in [6.45, 7) is 4.43. The lowest BCUT2D eigenvalue weighted by Crippen LogP contribution is -2.54. The van der Waals surface area contributed by atoms with Crippen LogP contribution in [0.2, 0.25) is 0 Å². The SMILES string of the molecule is CC1=CCCC2(C)C(CCC2(O)CN(CCc2cccs2)S(C)(=O)=O)c2ccc(cc2C(=O)c2ccco2)CC(O)CC1. The number of aliphatic hydroxyl groups excluding tert-OH is 1. The summed E-state index contributed by atoms with van der Waals surface area (Å²) < 4.78 is 33.0. The molecule has 2 heterocycles. The summed E-state index contributed by atoms with van der Waals surface area (Å²) in [6.07, 6.45) is 9.08. The number of rotatable bonds is 8. The van der Waals surface area contributed by atoms with Crippen molar-refractivity contribution in [1.29, 1.82) is 0 Å². The fourth-order valence-corrected chi connectivity index (χ4v) is 8.65. The lowest BCUT2D eigenvalue weighted by atomic mass is 9.65. The van der Waals surface area contributed by atoms with Crippen LogP contribution < -0.4 is 0 Å². The number of sulfonamides is 1. The van der Waals surface area contributed by atoms with Gasteiger partial charge in [0.1, 0.15) is 0 Å². The van der Waals surface area contributed by atoms with E-state index in [-0.39, 0.29) is 24.0 Å². The Morgan fingerprint density at radius 1 is 1.16 bits per heavy atom. The Hall–Kier alpha value is -2.56. The second-order valence-corrected chi connectivity index (χ2v) is 15.7. The topological polar surface area (TPSA) is 108 Å². The van der Waals surface area contributed by atoms with E-state index in [0.29, 0.717) is 57.1 Å². The third-order valence-corrected chi connectivity index (χ3v) is 11.9. The number of hydrogen-bond donors (Lipinski definition) is 2. The molecule has 0 amide bonds. The minimum atomic E-state index is -3.60. The minimum absolute atomic E-state index is 0.00134. The largest absolute Gasteiger partial charge is 0.461 e. The van der Waals surface area contributed by atoms with Crippen LogP contribution in [0, 0.1) is 5.41 Å². The molecular weight excluding hydrogens is 583 g/mol. The number of thiophene rings is 1. The fourth-order valence-electron chi connectivity index (χ4n) is 7.08. The molecular formula is C34H43NO6S2. The van der Waals surface area contributed by atoms with Crippen LogP contribution in [-0.2, 0) is 22.9 Å². The number of carbonyl (C=O) groups is 1. The highest BCUT2D eigenvalue weighted by Crippen LogP contribution is 2.59. The van der Waals surface area contributed by atoms with E-state index in [1.54, 1.807) is 23.5 Å². The van der Waals surface area contributed by atoms with Crippen LogP contribution in [0.5, 0.6) is 0 Å². The van der Waals surface area contributed by atoms with E-state index in [1.807, 2.05) is 35.7 Å². The summed E-state index contributed by atoms with van der Waals surface area (Å²) in [7, 11) is -3.60. The zero-order valence-electron chi connectivity index (χ0n) is 25.3. The number of allylic oxidation sites excluding steroid dienone is 2. The van der Waals surface area contributed by atoms with E-state index in [1.165, 1.54) is 22.4 Å². The standard InChI is InChI=1S/C34H43NO6S2/c1-24-7-4-16-33(2)30(14-17-34(33,38)23-35(43(3,39)40)18-15-27-8-6-20-42-27)28-13-11-25(21-26(36)12-10-24)22-29(28)32(37)31-9-5-19-41-31/h5-9,11,13,19-20,22,26,30,36,38H,4,10,12,14-18,21,23H2,1-3H3. The Balaban J connectivity index is 1.57. The van der Waals surface area contributed by atoms with Gasteiger partial charge in [-0.3, -0.25) is 4.79 Å². The Labute approximate surface area is 259 Å². The number of hydrogen-bond acceptors (Lipinski definition) is 7. The van der Waals surface area contributed by atoms with Gasteiger partial charge in [0.15, 0.2) is 5.76 Å². The normalized spacial score (nSPS) is 26.7. The summed E-state index contributed by atoms with van der Waals surface area (Å²) in [4.78, 5) is 14.9. The summed E-state index contributed by atoms with van der Waals surface area (Å²) in [5.74, 6) is -0.183. The quantitative estimate of drug-likeness (QED) is 0.231. The average molecular weight is 626 g/mol. The van der Waals surface area contributed by atoms with Gasteiger partial charge < -0.3 is 14.6 Å². The van der Waals surface area contributed by atoms with E-state index < -0.39 is 27.1 Å². The molecule has 1 aromatic carbocycles. The van der Waals surface area contributed by atoms with Crippen molar-refractivity contribution in [2.45, 2.75) is 82.8 Å². The van der Waals surface area contributed by atoms with Crippen molar-refractivity contribution >= 4 is 27.1 Å². The van der Waals surface area contributed by atoms with Gasteiger partial charge in [-0.2, -0.15) is 4.31 Å². The lowest BCUT2D eigenvalue weighted by Gasteiger charge is -2.45. The number of carbonyl (C=O) groups excluding carboxylic acids is 1. The first-order valence-electron chi connectivity index (χ1n) is 15.1. The zero-order chi connectivity index (χ0) is 30.8. The van der Waals surface area contributed by atoms with Crippen molar-refractivity contribution in [3.63, 3.8) is 0 Å². The molecule has 3 aliphatic rings. The number of nitrogens with zero attached hydrogens (tertiary/aromatic N) is 1. The Morgan fingerprint density at radius 3 is 2.67 bits per heavy atom. The summed E-state index contributed by atoms with van der Waals surface area (Å²) in [6, 6.07) is 13.1. The minimum Gasteiger partial charge on any atom is -0.461 e. The van der Waals surface area contributed by atoms with E-state index in [9.17, 15) is 23.4 Å². The molecule has 0 spiro atoms. The first kappa shape index (κ1) is 31.9. The molecule has 7 nitrogen and oxygen atoms in total. The van der Waals surface area contributed by atoms with E-state index in [4.69, 9.17) is 4.42 Å². The van der Waals surface area contributed by atoms with E-state index >= 15 is 0 Å². The molecule has 4 unspecified atom stereocenters. The average Bonchev–Trinajstić information content (AvgIpc) is 3.72. The number of ketones is 1. The Kier molecular flexibility index (Phi) is 9.49. The van der Waals surface area contributed by atoms with Gasteiger partial charge >= 0.3 is 0 Å². The van der Waals surface area contributed by atoms with Gasteiger partial charge in [0.05, 0.1) is 24.2 Å². The van der Waals surface area contributed by atoms with Crippen LogP contribution in [-0.4, -0.2) is 59.8 Å². The van der Waals surface area contributed by atoms with E-state index in [0.717, 1.165) is 22.4 Å². The highest BCUT2D eigenvalue weighted by Gasteiger charge is 2.57. The van der Waals surface area contributed by atoms with Gasteiger partial charge in [-0.15, -0.1) is 11.3 Å². The molecule has 1 fully saturated rings. The van der Waals surface area contributed by atoms with Crippen LogP contribution in [0.1, 0.15) is 90.4 Å². The van der Waals surface area contributed by atoms with Crippen molar-refractivity contribution in [3.8, 4) is 0 Å². The summed E-state index contributed by atoms with van der Waals surface area (Å²) >= 11 is 1.60. The highest BCUT2D eigenvalue weighted by molar-refractivity contribution is 7.88. The molecule has 4 atom stereocenters. The monoisotopic (exact) mass is 625 g/mol. The maximum Gasteiger partial charge on any atom is 0.228 e. The molecule has 3 aromatic rings. The highest BCUT2D eigenvalue weighted by atomic mass is 32.2. The first-order chi connectivity index (χ1) is 20.4. The predicted octanol–water partition coefficient (Wildman–Crippen LogP) is 6.11. The zero-order valence-corrected chi connectivity index (χ0v) is 26.9. The van der Waals surface area contributed by atoms with Gasteiger partial charge in [-0.1, -0.05) is 36.8 Å². The number of benzene rings is 1. The molecule has 0 radical (unpaired) electrons. The number of furan rings is 1. The second-order valence-electron chi connectivity index (χ2n) is 12.7. The molecule has 2 bridgehead atoms. The van der Waals surface area contributed by atoms with Gasteiger partial charge in [0.25, 0.3) is 0 Å². The molecule has 6 rings (SSSR count). The van der Waals surface area contributed by atoms with Gasteiger partial charge in [0.2, 0.25) is 15.8 Å². The van der Waals surface area contributed by atoms with Gasteiger partial charge in [-0.05, 0) is 105 Å². The van der Waals surface area contributed by atoms with Crippen molar-refractivity contribution in [2.24, 2.45) is 5.41 Å². The van der Waals surface area contributed by atoms with Crippen LogP contribution in [0.25, 0.3) is 0 Å². The molecule has 9 heteroatoms. The van der Waals surface area contributed by atoms with Crippen LogP contribution >= 0.6 is 11.3 Å². The van der Waals surface area contributed by atoms with Crippen LogP contribution in [0.3, 0.4) is 0 Å². The molecule has 43 heavy (non-hydrogen) atoms. The van der Waals surface area contributed by atoms with Gasteiger partial charge in [-0.25, -0.2) is 8.42 Å². The van der Waals surface area contributed by atoms with Crippen molar-refractivity contribution in [2.75, 3.05) is 19.3 Å². The smallest absolute Gasteiger partial charge is 0.228 e. The Morgan fingerprint density at radius 2 is 1.98 bits per heavy atom. The van der Waals surface area contributed by atoms with Gasteiger partial charge in [0, 0.05) is 28.9 Å².